The molecule has 2 bridgehead atoms. The van der Waals surface area contributed by atoms with Crippen LogP contribution in [0.25, 0.3) is 11.2 Å². The van der Waals surface area contributed by atoms with Crippen LogP contribution < -0.4 is 5.49 Å². The molecule has 3 aliphatic rings. The molecule has 0 radical (unpaired) electrons. The van der Waals surface area contributed by atoms with E-state index in [1.807, 2.05) is 41.8 Å². The molecule has 3 atom stereocenters. The number of benzene rings is 1. The minimum absolute atomic E-state index is 0. The second-order valence-electron chi connectivity index (χ2n) is 7.37. The largest absolute Gasteiger partial charge is 0.375 e. The van der Waals surface area contributed by atoms with E-state index in [1.54, 1.807) is 13.4 Å². The van der Waals surface area contributed by atoms with Crippen LogP contribution in [0.5, 0.6) is 0 Å². The van der Waals surface area contributed by atoms with E-state index in [2.05, 4.69) is 21.9 Å². The van der Waals surface area contributed by atoms with Crippen LogP contribution in [0.1, 0.15) is 50.6 Å². The summed E-state index contributed by atoms with van der Waals surface area (Å²) in [6.07, 6.45) is 6.95. The maximum absolute atomic E-state index is 5.67. The van der Waals surface area contributed by atoms with Crippen molar-refractivity contribution in [3.63, 3.8) is 0 Å². The first-order chi connectivity index (χ1) is 14.2. The summed E-state index contributed by atoms with van der Waals surface area (Å²) < 4.78 is 12.9. The second-order valence-corrected chi connectivity index (χ2v) is 7.37. The third-order valence-electron chi connectivity index (χ3n) is 5.47. The molecule has 3 aromatic rings. The van der Waals surface area contributed by atoms with Crippen molar-refractivity contribution in [1.29, 1.82) is 0 Å². The predicted octanol–water partition coefficient (Wildman–Crippen LogP) is 3.80. The van der Waals surface area contributed by atoms with Gasteiger partial charge in [0.1, 0.15) is 17.4 Å². The van der Waals surface area contributed by atoms with Crippen molar-refractivity contribution in [3.8, 4) is 0 Å². The SMILES string of the molecule is C1CC2CC1O2.CCN=c1ncn(CC)c2nc(C(OC)c3ccccc3)[nH]c12.Cl. The number of nitrogens with one attached hydrogen (secondary N) is 1. The molecular formula is C22H30ClN5O2. The molecule has 6 rings (SSSR count). The molecule has 1 N–H and O–H groups in total. The first kappa shape index (κ1) is 22.5. The molecule has 2 aliphatic heterocycles. The van der Waals surface area contributed by atoms with Crippen LogP contribution in [-0.2, 0) is 16.0 Å². The lowest BCUT2D eigenvalue weighted by Gasteiger charge is -2.23. The summed E-state index contributed by atoms with van der Waals surface area (Å²) in [4.78, 5) is 17.0. The van der Waals surface area contributed by atoms with Crippen molar-refractivity contribution in [1.82, 2.24) is 19.5 Å². The molecule has 4 heterocycles. The van der Waals surface area contributed by atoms with Crippen LogP contribution in [0.2, 0.25) is 0 Å². The van der Waals surface area contributed by atoms with Crippen LogP contribution in [0.15, 0.2) is 41.7 Å². The number of fused-ring (bicyclic) bond motifs is 2. The number of hydrogen-bond donors (Lipinski definition) is 1. The number of H-pyrrole nitrogens is 1. The van der Waals surface area contributed by atoms with Gasteiger partial charge in [-0.25, -0.2) is 9.97 Å². The smallest absolute Gasteiger partial charge is 0.176 e. The molecule has 1 aliphatic carbocycles. The van der Waals surface area contributed by atoms with Crippen LogP contribution in [0, 0.1) is 0 Å². The standard InChI is InChI=1S/C17H21N5O.C5H8O.ClH/c1-4-18-15-13-17(22(5-2)11-19-15)21-16(20-13)14(23-3)12-9-7-6-8-10-12;1-2-5-3-4(1)6-5;/h6-11,14H,4-5H2,1-3H3,(H,20,21);4-5H,1-3H2;1H. The van der Waals surface area contributed by atoms with Crippen LogP contribution in [0.3, 0.4) is 0 Å². The topological polar surface area (TPSA) is 77.3 Å². The van der Waals surface area contributed by atoms with Crippen LogP contribution in [0.4, 0.5) is 0 Å². The Balaban J connectivity index is 0.000000309. The van der Waals surface area contributed by atoms with Crippen molar-refractivity contribution in [2.45, 2.75) is 58.0 Å². The van der Waals surface area contributed by atoms with Crippen LogP contribution >= 0.6 is 12.4 Å². The first-order valence-electron chi connectivity index (χ1n) is 10.4. The zero-order valence-corrected chi connectivity index (χ0v) is 18.6. The van der Waals surface area contributed by atoms with Gasteiger partial charge in [0.2, 0.25) is 0 Å². The number of aromatic nitrogens is 4. The molecule has 1 saturated carbocycles. The average molecular weight is 432 g/mol. The second kappa shape index (κ2) is 10.2. The predicted molar refractivity (Wildman–Crippen MR) is 119 cm³/mol. The number of ether oxygens (including phenoxy) is 2. The molecule has 1 aromatic carbocycles. The fraction of sp³-hybridized carbons (Fsp3) is 0.500. The summed E-state index contributed by atoms with van der Waals surface area (Å²) in [5, 5.41) is 0. The van der Waals surface area contributed by atoms with Gasteiger partial charge in [-0.05, 0) is 38.7 Å². The van der Waals surface area contributed by atoms with E-state index >= 15 is 0 Å². The Kier molecular flexibility index (Phi) is 7.64. The number of imidazole rings is 1. The van der Waals surface area contributed by atoms with E-state index in [9.17, 15) is 0 Å². The summed E-state index contributed by atoms with van der Waals surface area (Å²) >= 11 is 0. The van der Waals surface area contributed by atoms with E-state index < -0.39 is 0 Å². The van der Waals surface area contributed by atoms with Gasteiger partial charge in [-0.15, -0.1) is 12.4 Å². The highest BCUT2D eigenvalue weighted by molar-refractivity contribution is 5.85. The number of hydrogen-bond acceptors (Lipinski definition) is 5. The third kappa shape index (κ3) is 4.58. The Labute approximate surface area is 183 Å². The lowest BCUT2D eigenvalue weighted by Crippen LogP contribution is -2.25. The van der Waals surface area contributed by atoms with Crippen molar-refractivity contribution < 1.29 is 9.47 Å². The number of halogens is 1. The van der Waals surface area contributed by atoms with E-state index in [4.69, 9.17) is 14.5 Å². The molecule has 3 unspecified atom stereocenters. The van der Waals surface area contributed by atoms with E-state index in [1.165, 1.54) is 19.3 Å². The van der Waals surface area contributed by atoms with Crippen LogP contribution in [-0.4, -0.2) is 45.4 Å². The summed E-state index contributed by atoms with van der Waals surface area (Å²) in [5.41, 5.74) is 3.44. The van der Waals surface area contributed by atoms with Gasteiger partial charge in [-0.2, -0.15) is 0 Å². The summed E-state index contributed by atoms with van der Waals surface area (Å²) in [6.45, 7) is 5.53. The molecule has 30 heavy (non-hydrogen) atoms. The highest BCUT2D eigenvalue weighted by Gasteiger charge is 2.36. The van der Waals surface area contributed by atoms with E-state index in [0.29, 0.717) is 24.2 Å². The normalized spacial score (nSPS) is 20.8. The van der Waals surface area contributed by atoms with Gasteiger partial charge in [0, 0.05) is 20.2 Å². The minimum atomic E-state index is -0.247. The lowest BCUT2D eigenvalue weighted by atomic mass is 10.1. The Morgan fingerprint density at radius 1 is 1.23 bits per heavy atom. The van der Waals surface area contributed by atoms with Gasteiger partial charge in [0.05, 0.1) is 18.5 Å². The van der Waals surface area contributed by atoms with Gasteiger partial charge in [-0.1, -0.05) is 30.3 Å². The van der Waals surface area contributed by atoms with Gasteiger partial charge in [0.25, 0.3) is 0 Å². The molecule has 7 nitrogen and oxygen atoms in total. The molecule has 3 fully saturated rings. The Morgan fingerprint density at radius 3 is 2.47 bits per heavy atom. The van der Waals surface area contributed by atoms with Gasteiger partial charge >= 0.3 is 0 Å². The number of rotatable bonds is 5. The van der Waals surface area contributed by atoms with Crippen molar-refractivity contribution in [2.24, 2.45) is 4.99 Å². The quantitative estimate of drug-likeness (QED) is 0.666. The summed E-state index contributed by atoms with van der Waals surface area (Å²) in [5.74, 6) is 0.761. The molecule has 162 valence electrons. The fourth-order valence-electron chi connectivity index (χ4n) is 3.95. The lowest BCUT2D eigenvalue weighted by molar-refractivity contribution is -0.0647. The van der Waals surface area contributed by atoms with Gasteiger partial charge < -0.3 is 19.0 Å². The van der Waals surface area contributed by atoms with E-state index in [0.717, 1.165) is 29.1 Å². The Morgan fingerprint density at radius 2 is 1.93 bits per heavy atom. The molecule has 0 amide bonds. The number of aryl methyl sites for hydroxylation is 1. The first-order valence-corrected chi connectivity index (χ1v) is 10.4. The third-order valence-corrected chi connectivity index (χ3v) is 5.47. The monoisotopic (exact) mass is 431 g/mol. The highest BCUT2D eigenvalue weighted by atomic mass is 35.5. The van der Waals surface area contributed by atoms with Crippen molar-refractivity contribution in [2.75, 3.05) is 13.7 Å². The molecular weight excluding hydrogens is 402 g/mol. The average Bonchev–Trinajstić information content (AvgIpc) is 3.47. The van der Waals surface area contributed by atoms with Gasteiger partial charge in [0.15, 0.2) is 11.1 Å². The zero-order valence-electron chi connectivity index (χ0n) is 17.7. The number of nitrogens with zero attached hydrogens (tertiary/aromatic N) is 4. The number of methoxy groups -OCH3 is 1. The van der Waals surface area contributed by atoms with Crippen molar-refractivity contribution >= 4 is 23.6 Å². The summed E-state index contributed by atoms with van der Waals surface area (Å²) in [7, 11) is 1.69. The fourth-order valence-corrected chi connectivity index (χ4v) is 3.95. The Hall–Kier alpha value is -2.22. The van der Waals surface area contributed by atoms with E-state index in [-0.39, 0.29) is 18.5 Å². The minimum Gasteiger partial charge on any atom is -0.375 e. The molecule has 8 heteroatoms. The van der Waals surface area contributed by atoms with Crippen molar-refractivity contribution in [3.05, 3.63) is 53.5 Å². The Bertz CT molecular complexity index is 998. The molecule has 0 spiro atoms. The highest BCUT2D eigenvalue weighted by Crippen LogP contribution is 2.36. The zero-order chi connectivity index (χ0) is 20.2. The maximum atomic E-state index is 5.67. The maximum Gasteiger partial charge on any atom is 0.176 e. The summed E-state index contributed by atoms with van der Waals surface area (Å²) in [6, 6.07) is 10.0. The molecule has 2 saturated heterocycles. The molecule has 2 aromatic heterocycles. The van der Waals surface area contributed by atoms with Gasteiger partial charge in [-0.3, -0.25) is 4.99 Å². The number of aromatic amines is 1.